The average Bonchev–Trinajstić information content (AvgIpc) is 2.91. The third kappa shape index (κ3) is 1.89. The van der Waals surface area contributed by atoms with Crippen LogP contribution < -0.4 is 9.47 Å². The number of nitrogens with zero attached hydrogens (tertiary/aromatic N) is 3. The zero-order valence-corrected chi connectivity index (χ0v) is 10.7. The van der Waals surface area contributed by atoms with Crippen molar-refractivity contribution in [2.75, 3.05) is 14.2 Å². The molecule has 2 aromatic heterocycles. The first-order valence-corrected chi connectivity index (χ1v) is 5.85. The van der Waals surface area contributed by atoms with E-state index >= 15 is 0 Å². The van der Waals surface area contributed by atoms with E-state index in [1.165, 1.54) is 0 Å². The van der Waals surface area contributed by atoms with Crippen molar-refractivity contribution in [2.24, 2.45) is 0 Å². The molecule has 0 radical (unpaired) electrons. The SMILES string of the molecule is COc1cc(OC)n2c(-c3ccccc3)ncc2n1. The molecule has 5 nitrogen and oxygen atoms in total. The summed E-state index contributed by atoms with van der Waals surface area (Å²) in [6.07, 6.45) is 1.70. The Kier molecular flexibility index (Phi) is 2.79. The van der Waals surface area contributed by atoms with Gasteiger partial charge in [-0.3, -0.25) is 0 Å². The Bertz CT molecular complexity index is 707. The number of fused-ring (bicyclic) bond motifs is 1. The highest BCUT2D eigenvalue weighted by Crippen LogP contribution is 2.26. The molecule has 0 aliphatic rings. The largest absolute Gasteiger partial charge is 0.482 e. The lowest BCUT2D eigenvalue weighted by Gasteiger charge is -2.08. The Morgan fingerprint density at radius 3 is 2.53 bits per heavy atom. The van der Waals surface area contributed by atoms with E-state index < -0.39 is 0 Å². The maximum absolute atomic E-state index is 5.39. The minimum atomic E-state index is 0.504. The van der Waals surface area contributed by atoms with Crippen LogP contribution in [0, 0.1) is 0 Å². The highest BCUT2D eigenvalue weighted by molar-refractivity contribution is 5.62. The standard InChI is InChI=1S/C14H13N3O2/c1-18-12-8-13(19-2)17-11(16-12)9-15-14(17)10-6-4-3-5-7-10/h3-9H,1-2H3. The van der Waals surface area contributed by atoms with Crippen molar-refractivity contribution < 1.29 is 9.47 Å². The van der Waals surface area contributed by atoms with Gasteiger partial charge in [0.15, 0.2) is 5.65 Å². The maximum Gasteiger partial charge on any atom is 0.220 e. The number of ether oxygens (including phenoxy) is 2. The molecule has 0 atom stereocenters. The van der Waals surface area contributed by atoms with Crippen LogP contribution >= 0.6 is 0 Å². The summed E-state index contributed by atoms with van der Waals surface area (Å²) in [5.41, 5.74) is 1.70. The van der Waals surface area contributed by atoms with Crippen molar-refractivity contribution in [2.45, 2.75) is 0 Å². The summed E-state index contributed by atoms with van der Waals surface area (Å²) < 4.78 is 12.4. The molecule has 19 heavy (non-hydrogen) atoms. The third-order valence-electron chi connectivity index (χ3n) is 2.89. The van der Waals surface area contributed by atoms with Gasteiger partial charge in [0, 0.05) is 5.56 Å². The van der Waals surface area contributed by atoms with E-state index in [0.29, 0.717) is 17.4 Å². The minimum absolute atomic E-state index is 0.504. The molecule has 0 saturated carbocycles. The third-order valence-corrected chi connectivity index (χ3v) is 2.89. The van der Waals surface area contributed by atoms with Gasteiger partial charge >= 0.3 is 0 Å². The summed E-state index contributed by atoms with van der Waals surface area (Å²) >= 11 is 0. The summed E-state index contributed by atoms with van der Waals surface area (Å²) in [5, 5.41) is 0. The molecular weight excluding hydrogens is 242 g/mol. The number of hydrogen-bond acceptors (Lipinski definition) is 4. The lowest BCUT2D eigenvalue weighted by atomic mass is 10.2. The molecule has 96 valence electrons. The average molecular weight is 255 g/mol. The molecule has 0 bridgehead atoms. The van der Waals surface area contributed by atoms with E-state index in [1.807, 2.05) is 34.7 Å². The molecule has 0 N–H and O–H groups in total. The lowest BCUT2D eigenvalue weighted by molar-refractivity contribution is 0.370. The molecule has 1 aromatic carbocycles. The second kappa shape index (κ2) is 4.61. The summed E-state index contributed by atoms with van der Waals surface area (Å²) in [5.74, 6) is 1.93. The van der Waals surface area contributed by atoms with Crippen LogP contribution in [0.4, 0.5) is 0 Å². The highest BCUT2D eigenvalue weighted by Gasteiger charge is 2.13. The lowest BCUT2D eigenvalue weighted by Crippen LogP contribution is -1.99. The highest BCUT2D eigenvalue weighted by atomic mass is 16.5. The van der Waals surface area contributed by atoms with Crippen molar-refractivity contribution in [1.82, 2.24) is 14.4 Å². The van der Waals surface area contributed by atoms with Gasteiger partial charge in [0.1, 0.15) is 5.82 Å². The monoisotopic (exact) mass is 255 g/mol. The maximum atomic E-state index is 5.39. The number of benzene rings is 1. The zero-order valence-electron chi connectivity index (χ0n) is 10.7. The van der Waals surface area contributed by atoms with Gasteiger partial charge in [0.25, 0.3) is 0 Å². The van der Waals surface area contributed by atoms with Gasteiger partial charge in [-0.2, -0.15) is 4.98 Å². The van der Waals surface area contributed by atoms with Gasteiger partial charge in [-0.25, -0.2) is 9.38 Å². The van der Waals surface area contributed by atoms with E-state index in [1.54, 1.807) is 26.5 Å². The first-order valence-electron chi connectivity index (χ1n) is 5.85. The molecule has 0 amide bonds. The zero-order chi connectivity index (χ0) is 13.2. The fourth-order valence-corrected chi connectivity index (χ4v) is 2.00. The summed E-state index contributed by atoms with van der Waals surface area (Å²) in [6.45, 7) is 0. The first kappa shape index (κ1) is 11.5. The van der Waals surface area contributed by atoms with E-state index in [0.717, 1.165) is 11.4 Å². The molecule has 0 unspecified atom stereocenters. The van der Waals surface area contributed by atoms with E-state index in [-0.39, 0.29) is 0 Å². The predicted molar refractivity (Wildman–Crippen MR) is 71.5 cm³/mol. The van der Waals surface area contributed by atoms with E-state index in [4.69, 9.17) is 9.47 Å². The van der Waals surface area contributed by atoms with Crippen LogP contribution in [0.2, 0.25) is 0 Å². The molecule has 5 heteroatoms. The van der Waals surface area contributed by atoms with Crippen LogP contribution in [-0.4, -0.2) is 28.6 Å². The van der Waals surface area contributed by atoms with Crippen molar-refractivity contribution in [3.05, 3.63) is 42.6 Å². The van der Waals surface area contributed by atoms with Crippen molar-refractivity contribution in [3.8, 4) is 23.1 Å². The van der Waals surface area contributed by atoms with Crippen molar-refractivity contribution in [1.29, 1.82) is 0 Å². The van der Waals surface area contributed by atoms with Crippen LogP contribution in [0.3, 0.4) is 0 Å². The van der Waals surface area contributed by atoms with Gasteiger partial charge in [-0.1, -0.05) is 30.3 Å². The van der Waals surface area contributed by atoms with Gasteiger partial charge in [-0.05, 0) is 0 Å². The Morgan fingerprint density at radius 1 is 1.05 bits per heavy atom. The Hall–Kier alpha value is -2.56. The molecular formula is C14H13N3O2. The molecule has 0 aliphatic heterocycles. The van der Waals surface area contributed by atoms with Crippen molar-refractivity contribution >= 4 is 5.65 Å². The first-order chi connectivity index (χ1) is 9.33. The van der Waals surface area contributed by atoms with Crippen LogP contribution in [0.25, 0.3) is 17.0 Å². The van der Waals surface area contributed by atoms with Gasteiger partial charge in [0.2, 0.25) is 11.8 Å². The minimum Gasteiger partial charge on any atom is -0.482 e. The van der Waals surface area contributed by atoms with Gasteiger partial charge in [-0.15, -0.1) is 0 Å². The molecule has 3 aromatic rings. The van der Waals surface area contributed by atoms with E-state index in [9.17, 15) is 0 Å². The topological polar surface area (TPSA) is 48.7 Å². The van der Waals surface area contributed by atoms with Crippen LogP contribution in [0.5, 0.6) is 11.8 Å². The summed E-state index contributed by atoms with van der Waals surface area (Å²) in [6, 6.07) is 11.6. The number of aromatic nitrogens is 3. The molecule has 0 aliphatic carbocycles. The normalized spacial score (nSPS) is 10.6. The quantitative estimate of drug-likeness (QED) is 0.721. The molecule has 0 saturated heterocycles. The van der Waals surface area contributed by atoms with Gasteiger partial charge < -0.3 is 9.47 Å². The fourth-order valence-electron chi connectivity index (χ4n) is 2.00. The molecule has 0 spiro atoms. The van der Waals surface area contributed by atoms with Crippen LogP contribution in [-0.2, 0) is 0 Å². The fraction of sp³-hybridized carbons (Fsp3) is 0.143. The molecule has 2 heterocycles. The second-order valence-corrected chi connectivity index (χ2v) is 3.98. The van der Waals surface area contributed by atoms with Gasteiger partial charge in [0.05, 0.1) is 26.5 Å². The Labute approximate surface area is 110 Å². The molecule has 0 fully saturated rings. The molecule has 3 rings (SSSR count). The number of methoxy groups -OCH3 is 2. The van der Waals surface area contributed by atoms with Crippen LogP contribution in [0.15, 0.2) is 42.6 Å². The predicted octanol–water partition coefficient (Wildman–Crippen LogP) is 2.41. The summed E-state index contributed by atoms with van der Waals surface area (Å²) in [4.78, 5) is 8.76. The second-order valence-electron chi connectivity index (χ2n) is 3.98. The summed E-state index contributed by atoms with van der Waals surface area (Å²) in [7, 11) is 3.19. The Balaban J connectivity index is 2.28. The van der Waals surface area contributed by atoms with Crippen molar-refractivity contribution in [3.63, 3.8) is 0 Å². The Morgan fingerprint density at radius 2 is 1.84 bits per heavy atom. The smallest absolute Gasteiger partial charge is 0.220 e. The number of hydrogen-bond donors (Lipinski definition) is 0. The van der Waals surface area contributed by atoms with Crippen LogP contribution in [0.1, 0.15) is 0 Å². The number of rotatable bonds is 3. The number of imidazole rings is 1. The van der Waals surface area contributed by atoms with E-state index in [2.05, 4.69) is 9.97 Å².